The fourth-order valence-electron chi connectivity index (χ4n) is 3.54. The Morgan fingerprint density at radius 3 is 2.32 bits per heavy atom. The molecule has 0 spiro atoms. The minimum Gasteiger partial charge on any atom is -0.466 e. The van der Waals surface area contributed by atoms with Crippen molar-refractivity contribution >= 4 is 11.9 Å². The lowest BCUT2D eigenvalue weighted by Gasteiger charge is -2.30. The highest BCUT2D eigenvalue weighted by Gasteiger charge is 2.70. The molecule has 1 N–H and O–H groups in total. The van der Waals surface area contributed by atoms with E-state index in [0.29, 0.717) is 0 Å². The van der Waals surface area contributed by atoms with Crippen molar-refractivity contribution in [2.75, 3.05) is 13.2 Å². The minimum absolute atomic E-state index is 0.0778. The Kier molecular flexibility index (Phi) is 4.80. The number of aliphatic hydroxyl groups excluding tert-OH is 1. The summed E-state index contributed by atoms with van der Waals surface area (Å²) < 4.78 is 32.9. The maximum Gasteiger partial charge on any atom is 0.341 e. The monoisotopic (exact) mass is 360 g/mol. The van der Waals surface area contributed by atoms with Crippen LogP contribution in [0.1, 0.15) is 34.1 Å². The Morgan fingerprint density at radius 1 is 1.00 bits per heavy atom. The van der Waals surface area contributed by atoms with Crippen molar-refractivity contribution in [3.63, 3.8) is 0 Å². The number of hydrogen-bond donors (Lipinski definition) is 1. The number of carbonyl (C=O) groups excluding carboxylic acids is 2. The average Bonchev–Trinajstić information content (AvgIpc) is 3.07. The third-order valence-electron chi connectivity index (χ3n) is 4.50. The molecule has 0 aromatic rings. The van der Waals surface area contributed by atoms with Crippen molar-refractivity contribution in [3.05, 3.63) is 0 Å². The zero-order valence-corrected chi connectivity index (χ0v) is 14.7. The Morgan fingerprint density at radius 2 is 1.68 bits per heavy atom. The van der Waals surface area contributed by atoms with Crippen LogP contribution in [0.15, 0.2) is 0 Å². The third-order valence-corrected chi connectivity index (χ3v) is 4.50. The van der Waals surface area contributed by atoms with E-state index in [1.165, 1.54) is 0 Å². The smallest absolute Gasteiger partial charge is 0.341 e. The zero-order valence-electron chi connectivity index (χ0n) is 14.7. The summed E-state index contributed by atoms with van der Waals surface area (Å²) in [6.45, 7) is 6.95. The van der Waals surface area contributed by atoms with Crippen molar-refractivity contribution in [1.29, 1.82) is 0 Å². The average molecular weight is 360 g/mol. The summed E-state index contributed by atoms with van der Waals surface area (Å²) in [6.07, 6.45) is -4.85. The van der Waals surface area contributed by atoms with Gasteiger partial charge in [0, 0.05) is 0 Å². The third kappa shape index (κ3) is 3.04. The number of ether oxygens (including phenoxy) is 6. The number of aliphatic hydroxyl groups is 1. The molecule has 3 rings (SSSR count). The van der Waals surface area contributed by atoms with Gasteiger partial charge in [-0.1, -0.05) is 0 Å². The predicted molar refractivity (Wildman–Crippen MR) is 80.2 cm³/mol. The van der Waals surface area contributed by atoms with Crippen LogP contribution in [0.25, 0.3) is 0 Å². The molecular formula is C16H24O9. The standard InChI is InChI=1S/C16H24O9/c1-5-20-8(17)7-16(14(19)21-6-2)12(18)10-9(24-16)11-13(22-10)25-15(3,4)23-11/h9-13,18H,5-7H2,1-4H3/t9-,10-,11+,12-,13+,16+/m0/s1. The Balaban J connectivity index is 1.85. The molecule has 3 aliphatic heterocycles. The van der Waals surface area contributed by atoms with Gasteiger partial charge in [0.2, 0.25) is 5.60 Å². The largest absolute Gasteiger partial charge is 0.466 e. The van der Waals surface area contributed by atoms with Crippen LogP contribution >= 0.6 is 0 Å². The molecule has 3 heterocycles. The number of esters is 2. The second kappa shape index (κ2) is 6.48. The van der Waals surface area contributed by atoms with Gasteiger partial charge in [0.15, 0.2) is 12.1 Å². The molecular weight excluding hydrogens is 336 g/mol. The fraction of sp³-hybridized carbons (Fsp3) is 0.875. The molecule has 0 amide bonds. The van der Waals surface area contributed by atoms with E-state index in [0.717, 1.165) is 0 Å². The molecule has 0 bridgehead atoms. The summed E-state index contributed by atoms with van der Waals surface area (Å²) in [4.78, 5) is 24.5. The number of hydrogen-bond acceptors (Lipinski definition) is 9. The van der Waals surface area contributed by atoms with E-state index in [4.69, 9.17) is 28.4 Å². The van der Waals surface area contributed by atoms with Crippen LogP contribution in [0, 0.1) is 0 Å². The van der Waals surface area contributed by atoms with Crippen molar-refractivity contribution < 1.29 is 43.1 Å². The second-order valence-electron chi connectivity index (χ2n) is 6.69. The normalized spacial score (nSPS) is 41.2. The van der Waals surface area contributed by atoms with Crippen LogP contribution in [0.2, 0.25) is 0 Å². The molecule has 0 radical (unpaired) electrons. The van der Waals surface area contributed by atoms with Crippen LogP contribution in [-0.2, 0) is 38.0 Å². The molecule has 0 unspecified atom stereocenters. The molecule has 3 fully saturated rings. The quantitative estimate of drug-likeness (QED) is 0.671. The molecule has 6 atom stereocenters. The van der Waals surface area contributed by atoms with E-state index in [-0.39, 0.29) is 13.2 Å². The van der Waals surface area contributed by atoms with Gasteiger partial charge in [-0.25, -0.2) is 4.79 Å². The summed E-state index contributed by atoms with van der Waals surface area (Å²) in [5, 5.41) is 10.7. The van der Waals surface area contributed by atoms with Gasteiger partial charge < -0.3 is 33.5 Å². The summed E-state index contributed by atoms with van der Waals surface area (Å²) in [6, 6.07) is 0. The molecule has 3 saturated heterocycles. The van der Waals surface area contributed by atoms with Crippen molar-refractivity contribution in [2.24, 2.45) is 0 Å². The van der Waals surface area contributed by atoms with Crippen LogP contribution < -0.4 is 0 Å². The molecule has 25 heavy (non-hydrogen) atoms. The van der Waals surface area contributed by atoms with Crippen LogP contribution in [0.4, 0.5) is 0 Å². The van der Waals surface area contributed by atoms with E-state index in [9.17, 15) is 14.7 Å². The highest BCUT2D eigenvalue weighted by Crippen LogP contribution is 2.48. The second-order valence-corrected chi connectivity index (χ2v) is 6.69. The van der Waals surface area contributed by atoms with Gasteiger partial charge in [0.25, 0.3) is 0 Å². The van der Waals surface area contributed by atoms with Crippen molar-refractivity contribution in [3.8, 4) is 0 Å². The van der Waals surface area contributed by atoms with E-state index in [1.807, 2.05) is 0 Å². The number of carbonyl (C=O) groups is 2. The van der Waals surface area contributed by atoms with E-state index < -0.39 is 60.5 Å². The van der Waals surface area contributed by atoms with Gasteiger partial charge >= 0.3 is 11.9 Å². The maximum atomic E-state index is 12.5. The van der Waals surface area contributed by atoms with Crippen LogP contribution in [0.5, 0.6) is 0 Å². The minimum atomic E-state index is -1.89. The summed E-state index contributed by atoms with van der Waals surface area (Å²) in [5.74, 6) is -2.37. The SMILES string of the molecule is CCOC(=O)C[C@@]1(C(=O)OCC)O[C@@H]2[C@H]3OC(C)(C)O[C@H]3O[C@@H]2[C@@H]1O. The van der Waals surface area contributed by atoms with Gasteiger partial charge in [-0.05, 0) is 27.7 Å². The molecule has 0 aliphatic carbocycles. The number of rotatable bonds is 5. The van der Waals surface area contributed by atoms with Gasteiger partial charge in [0.05, 0.1) is 19.6 Å². The van der Waals surface area contributed by atoms with Crippen molar-refractivity contribution in [2.45, 2.75) is 76.2 Å². The first-order chi connectivity index (χ1) is 11.7. The number of fused-ring (bicyclic) bond motifs is 3. The summed E-state index contributed by atoms with van der Waals surface area (Å²) in [5.41, 5.74) is -1.89. The molecule has 0 aromatic heterocycles. The van der Waals surface area contributed by atoms with Crippen molar-refractivity contribution in [1.82, 2.24) is 0 Å². The van der Waals surface area contributed by atoms with E-state index in [2.05, 4.69) is 0 Å². The summed E-state index contributed by atoms with van der Waals surface area (Å²) in [7, 11) is 0. The highest BCUT2D eigenvalue weighted by molar-refractivity contribution is 5.87. The molecule has 0 aromatic carbocycles. The lowest BCUT2D eigenvalue weighted by molar-refractivity contribution is -0.214. The molecule has 9 nitrogen and oxygen atoms in total. The van der Waals surface area contributed by atoms with Gasteiger partial charge in [0.1, 0.15) is 24.4 Å². The maximum absolute atomic E-state index is 12.5. The van der Waals surface area contributed by atoms with Gasteiger partial charge in [-0.3, -0.25) is 4.79 Å². The van der Waals surface area contributed by atoms with Crippen LogP contribution in [0.3, 0.4) is 0 Å². The predicted octanol–water partition coefficient (Wildman–Crippen LogP) is -0.122. The van der Waals surface area contributed by atoms with Gasteiger partial charge in [-0.2, -0.15) is 0 Å². The zero-order chi connectivity index (χ0) is 18.4. The first-order valence-electron chi connectivity index (χ1n) is 8.44. The fourth-order valence-corrected chi connectivity index (χ4v) is 3.54. The molecule has 9 heteroatoms. The lowest BCUT2D eigenvalue weighted by atomic mass is 9.91. The highest BCUT2D eigenvalue weighted by atomic mass is 16.8. The summed E-state index contributed by atoms with van der Waals surface area (Å²) >= 11 is 0. The molecule has 3 aliphatic rings. The van der Waals surface area contributed by atoms with E-state index >= 15 is 0 Å². The topological polar surface area (TPSA) is 110 Å². The van der Waals surface area contributed by atoms with Gasteiger partial charge in [-0.15, -0.1) is 0 Å². The molecule has 0 saturated carbocycles. The Bertz CT molecular complexity index is 548. The Hall–Kier alpha value is -1.26. The van der Waals surface area contributed by atoms with E-state index in [1.54, 1.807) is 27.7 Å². The lowest BCUT2D eigenvalue weighted by Crippen LogP contribution is -2.53. The van der Waals surface area contributed by atoms with Crippen LogP contribution in [-0.4, -0.2) is 72.4 Å². The molecule has 142 valence electrons. The first-order valence-corrected chi connectivity index (χ1v) is 8.44. The Labute approximate surface area is 145 Å². The first kappa shape index (κ1) is 18.5.